The highest BCUT2D eigenvalue weighted by molar-refractivity contribution is 5.99. The van der Waals surface area contributed by atoms with Crippen LogP contribution in [0.15, 0.2) is 29.0 Å². The summed E-state index contributed by atoms with van der Waals surface area (Å²) in [5, 5.41) is 10.4. The first-order valence-corrected chi connectivity index (χ1v) is 6.64. The van der Waals surface area contributed by atoms with Crippen LogP contribution < -0.4 is 11.1 Å². The Kier molecular flexibility index (Phi) is 3.44. The highest BCUT2D eigenvalue weighted by Gasteiger charge is 2.38. The number of aromatic nitrogens is 2. The largest absolute Gasteiger partial charge is 0.423 e. The summed E-state index contributed by atoms with van der Waals surface area (Å²) in [4.78, 5) is 12.3. The quantitative estimate of drug-likeness (QED) is 0.876. The molecule has 1 atom stereocenters. The van der Waals surface area contributed by atoms with Gasteiger partial charge in [-0.2, -0.15) is 0 Å². The zero-order valence-electron chi connectivity index (χ0n) is 11.6. The molecular formula is C14H16N4O3. The average molecular weight is 288 g/mol. The molecule has 1 fully saturated rings. The van der Waals surface area contributed by atoms with Gasteiger partial charge in [-0.3, -0.25) is 4.79 Å². The van der Waals surface area contributed by atoms with Gasteiger partial charge in [-0.15, -0.1) is 10.2 Å². The number of benzene rings is 1. The molecule has 0 saturated carbocycles. The maximum Gasteiger partial charge on any atom is 0.247 e. The number of amides is 1. The first-order chi connectivity index (χ1) is 10.1. The van der Waals surface area contributed by atoms with Gasteiger partial charge in [-0.05, 0) is 31.0 Å². The molecule has 1 aromatic heterocycles. The van der Waals surface area contributed by atoms with Gasteiger partial charge in [-0.1, -0.05) is 6.07 Å². The van der Waals surface area contributed by atoms with E-state index < -0.39 is 5.54 Å². The summed E-state index contributed by atoms with van der Waals surface area (Å²) < 4.78 is 10.4. The third-order valence-electron chi connectivity index (χ3n) is 3.60. The Labute approximate surface area is 121 Å². The van der Waals surface area contributed by atoms with E-state index in [1.54, 1.807) is 6.07 Å². The van der Waals surface area contributed by atoms with Crippen LogP contribution in [0.4, 0.5) is 5.69 Å². The number of anilines is 1. The van der Waals surface area contributed by atoms with Gasteiger partial charge < -0.3 is 20.2 Å². The first kappa shape index (κ1) is 13.7. The minimum Gasteiger partial charge on any atom is -0.423 e. The Bertz CT molecular complexity index is 648. The van der Waals surface area contributed by atoms with E-state index in [0.717, 1.165) is 11.1 Å². The third kappa shape index (κ3) is 2.65. The SMILES string of the molecule is Cc1ccc(-c2nnco2)cc1NC(=O)C1(N)CCOC1. The highest BCUT2D eigenvalue weighted by atomic mass is 16.5. The smallest absolute Gasteiger partial charge is 0.247 e. The normalized spacial score (nSPS) is 21.4. The molecule has 1 aliphatic rings. The van der Waals surface area contributed by atoms with E-state index in [0.29, 0.717) is 24.6 Å². The number of ether oxygens (including phenoxy) is 1. The van der Waals surface area contributed by atoms with Gasteiger partial charge >= 0.3 is 0 Å². The van der Waals surface area contributed by atoms with Gasteiger partial charge in [0.15, 0.2) is 0 Å². The van der Waals surface area contributed by atoms with Crippen molar-refractivity contribution in [2.75, 3.05) is 18.5 Å². The summed E-state index contributed by atoms with van der Waals surface area (Å²) in [5.41, 5.74) is 7.43. The Morgan fingerprint density at radius 2 is 2.33 bits per heavy atom. The van der Waals surface area contributed by atoms with Crippen molar-refractivity contribution in [2.45, 2.75) is 18.9 Å². The van der Waals surface area contributed by atoms with Gasteiger partial charge in [0, 0.05) is 17.9 Å². The lowest BCUT2D eigenvalue weighted by Crippen LogP contribution is -2.51. The Hall–Kier alpha value is -2.25. The van der Waals surface area contributed by atoms with Crippen molar-refractivity contribution in [1.29, 1.82) is 0 Å². The van der Waals surface area contributed by atoms with Crippen LogP contribution in [0, 0.1) is 6.92 Å². The molecule has 3 N–H and O–H groups in total. The number of nitrogens with one attached hydrogen (secondary N) is 1. The molecule has 0 radical (unpaired) electrons. The second-order valence-corrected chi connectivity index (χ2v) is 5.19. The monoisotopic (exact) mass is 288 g/mol. The number of hydrogen-bond acceptors (Lipinski definition) is 6. The van der Waals surface area contributed by atoms with Crippen molar-refractivity contribution in [2.24, 2.45) is 5.73 Å². The summed E-state index contributed by atoms with van der Waals surface area (Å²) in [6, 6.07) is 5.53. The van der Waals surface area contributed by atoms with Crippen molar-refractivity contribution < 1.29 is 13.9 Å². The standard InChI is InChI=1S/C14H16N4O3/c1-9-2-3-10(12-18-16-8-21-12)6-11(9)17-13(19)14(15)4-5-20-7-14/h2-3,6,8H,4-5,7,15H2,1H3,(H,17,19). The minimum atomic E-state index is -0.965. The van der Waals surface area contributed by atoms with Crippen LogP contribution in [0.3, 0.4) is 0 Å². The lowest BCUT2D eigenvalue weighted by atomic mass is 9.98. The molecule has 110 valence electrons. The molecule has 21 heavy (non-hydrogen) atoms. The van der Waals surface area contributed by atoms with E-state index in [1.807, 2.05) is 19.1 Å². The molecule has 1 aromatic carbocycles. The number of nitrogens with two attached hydrogens (primary N) is 1. The minimum absolute atomic E-state index is 0.237. The molecule has 1 saturated heterocycles. The van der Waals surface area contributed by atoms with Crippen molar-refractivity contribution in [3.05, 3.63) is 30.2 Å². The number of nitrogens with zero attached hydrogens (tertiary/aromatic N) is 2. The van der Waals surface area contributed by atoms with Gasteiger partial charge in [0.25, 0.3) is 0 Å². The van der Waals surface area contributed by atoms with Crippen LogP contribution in [-0.2, 0) is 9.53 Å². The average Bonchev–Trinajstić information content (AvgIpc) is 3.13. The Balaban J connectivity index is 1.85. The van der Waals surface area contributed by atoms with Crippen LogP contribution in [0.2, 0.25) is 0 Å². The fraction of sp³-hybridized carbons (Fsp3) is 0.357. The first-order valence-electron chi connectivity index (χ1n) is 6.64. The maximum atomic E-state index is 12.3. The van der Waals surface area contributed by atoms with Gasteiger partial charge in [0.1, 0.15) is 5.54 Å². The van der Waals surface area contributed by atoms with Crippen LogP contribution >= 0.6 is 0 Å². The number of aryl methyl sites for hydroxylation is 1. The Morgan fingerprint density at radius 3 is 3.00 bits per heavy atom. The summed E-state index contributed by atoms with van der Waals surface area (Å²) in [6.45, 7) is 2.65. The maximum absolute atomic E-state index is 12.3. The lowest BCUT2D eigenvalue weighted by Gasteiger charge is -2.21. The lowest BCUT2D eigenvalue weighted by molar-refractivity contribution is -0.121. The second-order valence-electron chi connectivity index (χ2n) is 5.19. The molecular weight excluding hydrogens is 272 g/mol. The van der Waals surface area contributed by atoms with Crippen LogP contribution in [0.5, 0.6) is 0 Å². The molecule has 0 aliphatic carbocycles. The molecule has 2 heterocycles. The summed E-state index contributed by atoms with van der Waals surface area (Å²) in [5.74, 6) is 0.155. The molecule has 0 spiro atoms. The van der Waals surface area contributed by atoms with E-state index in [-0.39, 0.29) is 12.5 Å². The predicted octanol–water partition coefficient (Wildman–Crippen LogP) is 1.10. The fourth-order valence-electron chi connectivity index (χ4n) is 2.20. The number of rotatable bonds is 3. The fourth-order valence-corrected chi connectivity index (χ4v) is 2.20. The van der Waals surface area contributed by atoms with Crippen LogP contribution in [0.25, 0.3) is 11.5 Å². The molecule has 0 bridgehead atoms. The second kappa shape index (κ2) is 5.27. The van der Waals surface area contributed by atoms with Gasteiger partial charge in [-0.25, -0.2) is 0 Å². The van der Waals surface area contributed by atoms with E-state index in [4.69, 9.17) is 14.9 Å². The third-order valence-corrected chi connectivity index (χ3v) is 3.60. The van der Waals surface area contributed by atoms with Crippen molar-refractivity contribution in [1.82, 2.24) is 10.2 Å². The van der Waals surface area contributed by atoms with Crippen molar-refractivity contribution >= 4 is 11.6 Å². The summed E-state index contributed by atoms with van der Waals surface area (Å²) >= 11 is 0. The number of carbonyl (C=O) groups is 1. The summed E-state index contributed by atoms with van der Waals surface area (Å²) in [6.07, 6.45) is 1.78. The van der Waals surface area contributed by atoms with Gasteiger partial charge in [0.05, 0.1) is 6.61 Å². The van der Waals surface area contributed by atoms with E-state index in [1.165, 1.54) is 6.39 Å². The zero-order valence-corrected chi connectivity index (χ0v) is 11.6. The highest BCUT2D eigenvalue weighted by Crippen LogP contribution is 2.25. The topological polar surface area (TPSA) is 103 Å². The predicted molar refractivity (Wildman–Crippen MR) is 75.5 cm³/mol. The van der Waals surface area contributed by atoms with E-state index >= 15 is 0 Å². The molecule has 1 aliphatic heterocycles. The number of carbonyl (C=O) groups excluding carboxylic acids is 1. The Morgan fingerprint density at radius 1 is 1.48 bits per heavy atom. The van der Waals surface area contributed by atoms with E-state index in [2.05, 4.69) is 15.5 Å². The van der Waals surface area contributed by atoms with E-state index in [9.17, 15) is 4.79 Å². The van der Waals surface area contributed by atoms with Crippen LogP contribution in [0.1, 0.15) is 12.0 Å². The van der Waals surface area contributed by atoms with Crippen LogP contribution in [-0.4, -0.2) is 34.9 Å². The molecule has 1 amide bonds. The molecule has 7 heteroatoms. The zero-order chi connectivity index (χ0) is 14.9. The van der Waals surface area contributed by atoms with Crippen molar-refractivity contribution in [3.8, 4) is 11.5 Å². The molecule has 1 unspecified atom stereocenters. The molecule has 7 nitrogen and oxygen atoms in total. The molecule has 3 rings (SSSR count). The van der Waals surface area contributed by atoms with Crippen molar-refractivity contribution in [3.63, 3.8) is 0 Å². The number of hydrogen-bond donors (Lipinski definition) is 2. The summed E-state index contributed by atoms with van der Waals surface area (Å²) in [7, 11) is 0. The van der Waals surface area contributed by atoms with Gasteiger partial charge in [0.2, 0.25) is 18.2 Å². The molecule has 2 aromatic rings.